The summed E-state index contributed by atoms with van der Waals surface area (Å²) in [5.74, 6) is 0.168. The van der Waals surface area contributed by atoms with Crippen LogP contribution in [0.1, 0.15) is 42.1 Å². The largest absolute Gasteiger partial charge is 0.339 e. The van der Waals surface area contributed by atoms with Crippen molar-refractivity contribution in [3.05, 3.63) is 53.9 Å². The molecular weight excluding hydrogens is 300 g/mol. The summed E-state index contributed by atoms with van der Waals surface area (Å²) in [6.45, 7) is 5.51. The first kappa shape index (κ1) is 16.7. The van der Waals surface area contributed by atoms with E-state index in [1.54, 1.807) is 6.20 Å². The van der Waals surface area contributed by atoms with E-state index in [2.05, 4.69) is 23.4 Å². The maximum Gasteiger partial charge on any atom is 0.253 e. The summed E-state index contributed by atoms with van der Waals surface area (Å²) >= 11 is 0. The van der Waals surface area contributed by atoms with Crippen LogP contribution in [0.25, 0.3) is 0 Å². The van der Waals surface area contributed by atoms with Gasteiger partial charge in [-0.2, -0.15) is 5.10 Å². The van der Waals surface area contributed by atoms with Crippen LogP contribution in [-0.2, 0) is 13.1 Å². The van der Waals surface area contributed by atoms with E-state index in [0.29, 0.717) is 6.04 Å². The van der Waals surface area contributed by atoms with Crippen LogP contribution in [0.5, 0.6) is 0 Å². The molecule has 1 aliphatic heterocycles. The molecule has 0 radical (unpaired) electrons. The van der Waals surface area contributed by atoms with Crippen molar-refractivity contribution in [2.24, 2.45) is 0 Å². The highest BCUT2D eigenvalue weighted by molar-refractivity contribution is 5.94. The van der Waals surface area contributed by atoms with Crippen molar-refractivity contribution in [2.75, 3.05) is 13.1 Å². The Labute approximate surface area is 143 Å². The van der Waals surface area contributed by atoms with Gasteiger partial charge in [0.05, 0.1) is 6.54 Å². The number of piperidine rings is 1. The zero-order valence-corrected chi connectivity index (χ0v) is 14.3. The smallest absolute Gasteiger partial charge is 0.253 e. The van der Waals surface area contributed by atoms with Crippen LogP contribution in [0.4, 0.5) is 0 Å². The van der Waals surface area contributed by atoms with Crippen LogP contribution in [0.15, 0.2) is 42.7 Å². The molecule has 128 valence electrons. The molecule has 24 heavy (non-hydrogen) atoms. The van der Waals surface area contributed by atoms with E-state index >= 15 is 0 Å². The fourth-order valence-electron chi connectivity index (χ4n) is 3.14. The average Bonchev–Trinajstić information content (AvgIpc) is 3.13. The fraction of sp³-hybridized carbons (Fsp3) is 0.474. The molecule has 0 spiro atoms. The van der Waals surface area contributed by atoms with Crippen molar-refractivity contribution in [1.29, 1.82) is 0 Å². The van der Waals surface area contributed by atoms with Crippen molar-refractivity contribution in [3.8, 4) is 0 Å². The predicted octanol–water partition coefficient (Wildman–Crippen LogP) is 2.69. The van der Waals surface area contributed by atoms with Gasteiger partial charge in [-0.25, -0.2) is 0 Å². The molecule has 1 atom stereocenters. The lowest BCUT2D eigenvalue weighted by molar-refractivity contribution is 0.0724. The Morgan fingerprint density at radius 3 is 2.83 bits per heavy atom. The molecule has 0 bridgehead atoms. The molecule has 5 heteroatoms. The molecule has 2 aromatic rings. The Morgan fingerprint density at radius 1 is 1.25 bits per heavy atom. The van der Waals surface area contributed by atoms with Gasteiger partial charge in [-0.3, -0.25) is 9.48 Å². The molecule has 1 aromatic heterocycles. The number of amides is 1. The Hall–Kier alpha value is -2.14. The summed E-state index contributed by atoms with van der Waals surface area (Å²) in [7, 11) is 0. The molecule has 1 fully saturated rings. The van der Waals surface area contributed by atoms with Crippen LogP contribution in [-0.4, -0.2) is 39.7 Å². The second-order valence-electron chi connectivity index (χ2n) is 6.56. The van der Waals surface area contributed by atoms with Crippen molar-refractivity contribution in [3.63, 3.8) is 0 Å². The van der Waals surface area contributed by atoms with Gasteiger partial charge in [0.2, 0.25) is 0 Å². The van der Waals surface area contributed by atoms with Crippen LogP contribution in [0.2, 0.25) is 0 Å². The lowest BCUT2D eigenvalue weighted by atomic mass is 10.1. The zero-order valence-electron chi connectivity index (χ0n) is 14.3. The standard InChI is InChI=1S/C19H26N4O/c1-16(15-23-12-6-9-21-23)20-14-17-7-5-8-18(13-17)19(24)22-10-3-2-4-11-22/h5-9,12-13,16,20H,2-4,10-11,14-15H2,1H3/t16-/m1/s1. The van der Waals surface area contributed by atoms with E-state index in [1.165, 1.54) is 6.42 Å². The van der Waals surface area contributed by atoms with E-state index in [4.69, 9.17) is 0 Å². The summed E-state index contributed by atoms with van der Waals surface area (Å²) < 4.78 is 1.92. The molecule has 2 heterocycles. The molecule has 0 saturated carbocycles. The first-order valence-corrected chi connectivity index (χ1v) is 8.81. The maximum absolute atomic E-state index is 12.6. The summed E-state index contributed by atoms with van der Waals surface area (Å²) in [6.07, 6.45) is 7.25. The molecule has 3 rings (SSSR count). The third-order valence-electron chi connectivity index (χ3n) is 4.49. The van der Waals surface area contributed by atoms with E-state index in [9.17, 15) is 4.79 Å². The van der Waals surface area contributed by atoms with Gasteiger partial charge in [0.25, 0.3) is 5.91 Å². The number of hydrogen-bond acceptors (Lipinski definition) is 3. The van der Waals surface area contributed by atoms with Gasteiger partial charge in [-0.1, -0.05) is 12.1 Å². The van der Waals surface area contributed by atoms with Gasteiger partial charge >= 0.3 is 0 Å². The molecule has 0 unspecified atom stereocenters. The van der Waals surface area contributed by atoms with Crippen LogP contribution >= 0.6 is 0 Å². The van der Waals surface area contributed by atoms with Gasteiger partial charge in [0.15, 0.2) is 0 Å². The minimum Gasteiger partial charge on any atom is -0.339 e. The third kappa shape index (κ3) is 4.45. The Bertz CT molecular complexity index is 647. The molecule has 1 amide bonds. The van der Waals surface area contributed by atoms with E-state index < -0.39 is 0 Å². The van der Waals surface area contributed by atoms with Crippen LogP contribution < -0.4 is 5.32 Å². The number of carbonyl (C=O) groups is 1. The SMILES string of the molecule is C[C@H](Cn1cccn1)NCc1cccc(C(=O)N2CCCCC2)c1. The monoisotopic (exact) mass is 326 g/mol. The molecular formula is C19H26N4O. The first-order valence-electron chi connectivity index (χ1n) is 8.81. The lowest BCUT2D eigenvalue weighted by Gasteiger charge is -2.26. The minimum atomic E-state index is 0.168. The number of rotatable bonds is 6. The summed E-state index contributed by atoms with van der Waals surface area (Å²) in [6, 6.07) is 10.2. The number of hydrogen-bond donors (Lipinski definition) is 1. The highest BCUT2D eigenvalue weighted by Crippen LogP contribution is 2.14. The summed E-state index contributed by atoms with van der Waals surface area (Å²) in [5.41, 5.74) is 1.95. The summed E-state index contributed by atoms with van der Waals surface area (Å²) in [5, 5.41) is 7.72. The highest BCUT2D eigenvalue weighted by Gasteiger charge is 2.18. The second-order valence-corrected chi connectivity index (χ2v) is 6.56. The molecule has 1 N–H and O–H groups in total. The van der Waals surface area contributed by atoms with Crippen molar-refractivity contribution in [1.82, 2.24) is 20.0 Å². The maximum atomic E-state index is 12.6. The molecule has 1 saturated heterocycles. The predicted molar refractivity (Wildman–Crippen MR) is 94.7 cm³/mol. The number of nitrogens with one attached hydrogen (secondary N) is 1. The van der Waals surface area contributed by atoms with Gasteiger partial charge in [0, 0.05) is 43.6 Å². The van der Waals surface area contributed by atoms with Crippen molar-refractivity contribution < 1.29 is 4.79 Å². The number of carbonyl (C=O) groups excluding carboxylic acids is 1. The van der Waals surface area contributed by atoms with E-state index in [1.807, 2.05) is 40.0 Å². The van der Waals surface area contributed by atoms with Gasteiger partial charge in [-0.05, 0) is 49.9 Å². The Morgan fingerprint density at radius 2 is 2.08 bits per heavy atom. The van der Waals surface area contributed by atoms with Crippen molar-refractivity contribution in [2.45, 2.75) is 45.3 Å². The molecule has 1 aliphatic rings. The van der Waals surface area contributed by atoms with E-state index in [-0.39, 0.29) is 5.91 Å². The number of aromatic nitrogens is 2. The third-order valence-corrected chi connectivity index (χ3v) is 4.49. The van der Waals surface area contributed by atoms with Gasteiger partial charge < -0.3 is 10.2 Å². The van der Waals surface area contributed by atoms with Crippen molar-refractivity contribution >= 4 is 5.91 Å². The van der Waals surface area contributed by atoms with Crippen LogP contribution in [0, 0.1) is 0 Å². The number of likely N-dealkylation sites (tertiary alicyclic amines) is 1. The van der Waals surface area contributed by atoms with Crippen LogP contribution in [0.3, 0.4) is 0 Å². The fourth-order valence-corrected chi connectivity index (χ4v) is 3.14. The number of benzene rings is 1. The highest BCUT2D eigenvalue weighted by atomic mass is 16.2. The Kier molecular flexibility index (Phi) is 5.64. The van der Waals surface area contributed by atoms with E-state index in [0.717, 1.165) is 50.1 Å². The Balaban J connectivity index is 1.55. The summed E-state index contributed by atoms with van der Waals surface area (Å²) in [4.78, 5) is 14.6. The zero-order chi connectivity index (χ0) is 16.8. The van der Waals surface area contributed by atoms with Gasteiger partial charge in [0.1, 0.15) is 0 Å². The molecule has 5 nitrogen and oxygen atoms in total. The molecule has 0 aliphatic carbocycles. The van der Waals surface area contributed by atoms with Gasteiger partial charge in [-0.15, -0.1) is 0 Å². The quantitative estimate of drug-likeness (QED) is 0.888. The normalized spacial score (nSPS) is 16.1. The molecule has 1 aromatic carbocycles. The lowest BCUT2D eigenvalue weighted by Crippen LogP contribution is -2.35. The number of nitrogens with zero attached hydrogens (tertiary/aromatic N) is 3. The topological polar surface area (TPSA) is 50.2 Å². The second kappa shape index (κ2) is 8.11. The average molecular weight is 326 g/mol. The minimum absolute atomic E-state index is 0.168. The first-order chi connectivity index (χ1) is 11.7.